The summed E-state index contributed by atoms with van der Waals surface area (Å²) in [6.07, 6.45) is 0. The predicted octanol–water partition coefficient (Wildman–Crippen LogP) is 1.29. The molecule has 0 radical (unpaired) electrons. The third kappa shape index (κ3) is 5.55. The minimum atomic E-state index is -1.50. The van der Waals surface area contributed by atoms with E-state index in [1.807, 2.05) is 0 Å². The highest BCUT2D eigenvalue weighted by Crippen LogP contribution is 2.26. The molecule has 1 aromatic rings. The zero-order valence-electron chi connectivity index (χ0n) is 7.81. The lowest BCUT2D eigenvalue weighted by molar-refractivity contribution is -0.742. The van der Waals surface area contributed by atoms with Crippen LogP contribution >= 0.6 is 11.6 Å². The lowest BCUT2D eigenvalue weighted by atomic mass is 10.3. The second-order valence-electron chi connectivity index (χ2n) is 2.23. The number of rotatable bonds is 2. The fourth-order valence-electron chi connectivity index (χ4n) is 0.756. The number of anilines is 1. The Hall–Kier alpha value is -1.73. The van der Waals surface area contributed by atoms with Crippen molar-refractivity contribution in [2.75, 3.05) is 12.5 Å². The number of ether oxygens (including phenoxy) is 1. The van der Waals surface area contributed by atoms with Gasteiger partial charge in [-0.15, -0.1) is 10.1 Å². The van der Waals surface area contributed by atoms with Crippen LogP contribution in [-0.4, -0.2) is 17.4 Å². The van der Waals surface area contributed by atoms with Gasteiger partial charge in [0.2, 0.25) is 0 Å². The molecule has 0 amide bonds. The third-order valence-corrected chi connectivity index (χ3v) is 1.61. The number of halogens is 1. The van der Waals surface area contributed by atoms with Crippen LogP contribution in [0.5, 0.6) is 5.75 Å². The molecule has 0 aromatic heterocycles. The van der Waals surface area contributed by atoms with Crippen molar-refractivity contribution in [3.8, 4) is 5.75 Å². The maximum atomic E-state index is 8.36. The van der Waals surface area contributed by atoms with E-state index in [1.54, 1.807) is 25.3 Å². The van der Waals surface area contributed by atoms with Crippen molar-refractivity contribution < 1.29 is 15.0 Å². The van der Waals surface area contributed by atoms with Crippen molar-refractivity contribution in [3.63, 3.8) is 0 Å². The summed E-state index contributed by atoms with van der Waals surface area (Å²) < 4.78 is 4.94. The maximum Gasteiger partial charge on any atom is 0.291 e. The number of methoxy groups -OCH3 is 1. The monoisotopic (exact) mass is 235 g/mol. The van der Waals surface area contributed by atoms with Gasteiger partial charge in [0.25, 0.3) is 5.09 Å². The molecule has 0 bridgehead atoms. The standard InChI is InChI=1S/C7H9ClN2O.HNO3/c1-11-7-3-2-5(10-9)4-6(7)8;2-1(3)4/h2-4,10H,9H2,1H3;(H,2,3,4). The first-order valence-electron chi connectivity index (χ1n) is 3.64. The predicted molar refractivity (Wildman–Crippen MR) is 54.6 cm³/mol. The molecular formula is C7H10ClN3O4. The van der Waals surface area contributed by atoms with Crippen LogP contribution in [0.25, 0.3) is 0 Å². The smallest absolute Gasteiger partial charge is 0.291 e. The molecule has 84 valence electrons. The highest BCUT2D eigenvalue weighted by molar-refractivity contribution is 6.32. The Kier molecular flexibility index (Phi) is 5.91. The highest BCUT2D eigenvalue weighted by Gasteiger charge is 1.99. The Bertz CT molecular complexity index is 330. The van der Waals surface area contributed by atoms with Gasteiger partial charge in [-0.3, -0.25) is 5.84 Å². The largest absolute Gasteiger partial charge is 0.495 e. The Morgan fingerprint density at radius 1 is 1.67 bits per heavy atom. The van der Waals surface area contributed by atoms with E-state index in [0.29, 0.717) is 10.8 Å². The van der Waals surface area contributed by atoms with E-state index in [9.17, 15) is 0 Å². The molecule has 0 fully saturated rings. The zero-order chi connectivity index (χ0) is 11.8. The van der Waals surface area contributed by atoms with Crippen molar-refractivity contribution in [1.29, 1.82) is 0 Å². The quantitative estimate of drug-likeness (QED) is 0.405. The van der Waals surface area contributed by atoms with E-state index in [2.05, 4.69) is 5.43 Å². The van der Waals surface area contributed by atoms with Crippen molar-refractivity contribution in [3.05, 3.63) is 33.3 Å². The average molecular weight is 236 g/mol. The molecule has 0 atom stereocenters. The van der Waals surface area contributed by atoms with Crippen LogP contribution in [0.15, 0.2) is 18.2 Å². The summed E-state index contributed by atoms with van der Waals surface area (Å²) in [6, 6.07) is 5.22. The molecule has 0 saturated carbocycles. The van der Waals surface area contributed by atoms with Crippen molar-refractivity contribution in [2.24, 2.45) is 5.84 Å². The number of hydrazine groups is 1. The topological polar surface area (TPSA) is 111 Å². The van der Waals surface area contributed by atoms with Gasteiger partial charge in [-0.2, -0.15) is 0 Å². The Morgan fingerprint density at radius 3 is 2.53 bits per heavy atom. The molecule has 0 spiro atoms. The summed E-state index contributed by atoms with van der Waals surface area (Å²) in [7, 11) is 1.57. The normalized spacial score (nSPS) is 8.47. The van der Waals surface area contributed by atoms with Gasteiger partial charge in [-0.05, 0) is 18.2 Å². The van der Waals surface area contributed by atoms with Gasteiger partial charge < -0.3 is 15.4 Å². The second-order valence-corrected chi connectivity index (χ2v) is 2.64. The number of hydrogen-bond donors (Lipinski definition) is 3. The van der Waals surface area contributed by atoms with Crippen LogP contribution in [0.1, 0.15) is 0 Å². The van der Waals surface area contributed by atoms with Gasteiger partial charge in [0.05, 0.1) is 17.8 Å². The summed E-state index contributed by atoms with van der Waals surface area (Å²) >= 11 is 5.79. The number of nitrogens with one attached hydrogen (secondary N) is 1. The van der Waals surface area contributed by atoms with Crippen LogP contribution in [0.4, 0.5) is 5.69 Å². The third-order valence-electron chi connectivity index (χ3n) is 1.32. The second kappa shape index (κ2) is 6.68. The van der Waals surface area contributed by atoms with Crippen LogP contribution in [-0.2, 0) is 0 Å². The summed E-state index contributed by atoms with van der Waals surface area (Å²) in [5.74, 6) is 5.80. The molecule has 4 N–H and O–H groups in total. The van der Waals surface area contributed by atoms with Crippen molar-refractivity contribution in [1.82, 2.24) is 0 Å². The van der Waals surface area contributed by atoms with E-state index in [4.69, 9.17) is 37.5 Å². The molecule has 0 aliphatic heterocycles. The minimum absolute atomic E-state index is 0.544. The average Bonchev–Trinajstić information content (AvgIpc) is 2.16. The first-order valence-corrected chi connectivity index (χ1v) is 4.02. The van der Waals surface area contributed by atoms with Gasteiger partial charge in [-0.25, -0.2) is 0 Å². The van der Waals surface area contributed by atoms with E-state index < -0.39 is 5.09 Å². The molecule has 15 heavy (non-hydrogen) atoms. The fraction of sp³-hybridized carbons (Fsp3) is 0.143. The fourth-order valence-corrected chi connectivity index (χ4v) is 1.01. The number of hydrogen-bond acceptors (Lipinski definition) is 5. The summed E-state index contributed by atoms with van der Waals surface area (Å²) in [4.78, 5) is 8.36. The Balaban J connectivity index is 0.000000423. The lowest BCUT2D eigenvalue weighted by Gasteiger charge is -2.04. The molecule has 8 heteroatoms. The van der Waals surface area contributed by atoms with Gasteiger partial charge in [0.1, 0.15) is 5.75 Å². The van der Waals surface area contributed by atoms with E-state index in [1.165, 1.54) is 0 Å². The van der Waals surface area contributed by atoms with Crippen LogP contribution in [0.3, 0.4) is 0 Å². The van der Waals surface area contributed by atoms with Gasteiger partial charge >= 0.3 is 0 Å². The van der Waals surface area contributed by atoms with Crippen molar-refractivity contribution in [2.45, 2.75) is 0 Å². The van der Waals surface area contributed by atoms with E-state index >= 15 is 0 Å². The molecule has 0 heterocycles. The summed E-state index contributed by atoms with van der Waals surface area (Å²) in [5.41, 5.74) is 3.24. The molecule has 0 saturated heterocycles. The summed E-state index contributed by atoms with van der Waals surface area (Å²) in [5, 5.41) is 14.2. The van der Waals surface area contributed by atoms with E-state index in [0.717, 1.165) is 5.69 Å². The molecule has 0 unspecified atom stereocenters. The van der Waals surface area contributed by atoms with Crippen molar-refractivity contribution >= 4 is 17.3 Å². The minimum Gasteiger partial charge on any atom is -0.495 e. The molecule has 1 rings (SSSR count). The number of nitrogen functional groups attached to an aromatic ring is 1. The first-order chi connectivity index (χ1) is 7.01. The highest BCUT2D eigenvalue weighted by atomic mass is 35.5. The van der Waals surface area contributed by atoms with Gasteiger partial charge in [0, 0.05) is 0 Å². The van der Waals surface area contributed by atoms with Crippen LogP contribution in [0.2, 0.25) is 5.02 Å². The molecule has 0 aliphatic rings. The van der Waals surface area contributed by atoms with Gasteiger partial charge in [-0.1, -0.05) is 11.6 Å². The Labute approximate surface area is 90.5 Å². The lowest BCUT2D eigenvalue weighted by Crippen LogP contribution is -2.06. The Morgan fingerprint density at radius 2 is 2.20 bits per heavy atom. The van der Waals surface area contributed by atoms with Crippen LogP contribution < -0.4 is 16.0 Å². The van der Waals surface area contributed by atoms with E-state index in [-0.39, 0.29) is 0 Å². The number of benzene rings is 1. The van der Waals surface area contributed by atoms with Crippen LogP contribution in [0, 0.1) is 10.1 Å². The molecule has 7 nitrogen and oxygen atoms in total. The first kappa shape index (κ1) is 13.3. The number of nitrogens with zero attached hydrogens (tertiary/aromatic N) is 1. The molecule has 1 aromatic carbocycles. The molecule has 0 aliphatic carbocycles. The van der Waals surface area contributed by atoms with Gasteiger partial charge in [0.15, 0.2) is 0 Å². The maximum absolute atomic E-state index is 8.36. The summed E-state index contributed by atoms with van der Waals surface area (Å²) in [6.45, 7) is 0. The SMILES string of the molecule is COc1ccc(NN)cc1Cl.O=[N+]([O-])O. The molecular weight excluding hydrogens is 226 g/mol. The zero-order valence-corrected chi connectivity index (χ0v) is 8.56. The number of nitrogens with two attached hydrogens (primary N) is 1.